The van der Waals surface area contributed by atoms with Crippen LogP contribution in [0, 0.1) is 0 Å². The van der Waals surface area contributed by atoms with Crippen LogP contribution in [0.2, 0.25) is 0 Å². The van der Waals surface area contributed by atoms with Gasteiger partial charge in [0.1, 0.15) is 0 Å². The third kappa shape index (κ3) is 3.17. The fourth-order valence-corrected chi connectivity index (χ4v) is 2.58. The molecule has 1 aromatic carbocycles. The summed E-state index contributed by atoms with van der Waals surface area (Å²) in [4.78, 5) is 15.5. The van der Waals surface area contributed by atoms with E-state index >= 15 is 0 Å². The molecule has 22 heavy (non-hydrogen) atoms. The number of aryl methyl sites for hydroxylation is 1. The van der Waals surface area contributed by atoms with Crippen LogP contribution in [0.4, 0.5) is 0 Å². The summed E-state index contributed by atoms with van der Waals surface area (Å²) in [5.74, 6) is -0.310. The van der Waals surface area contributed by atoms with Gasteiger partial charge in [0.2, 0.25) is 0 Å². The summed E-state index contributed by atoms with van der Waals surface area (Å²) in [6.07, 6.45) is 13.0. The molecule has 0 saturated heterocycles. The van der Waals surface area contributed by atoms with Crippen molar-refractivity contribution in [2.45, 2.75) is 19.8 Å². The van der Waals surface area contributed by atoms with Gasteiger partial charge in [0, 0.05) is 24.2 Å². The van der Waals surface area contributed by atoms with Gasteiger partial charge in [-0.25, -0.2) is 9.78 Å². The van der Waals surface area contributed by atoms with E-state index in [4.69, 9.17) is 4.74 Å². The molecule has 112 valence electrons. The first-order chi connectivity index (χ1) is 10.8. The predicted molar refractivity (Wildman–Crippen MR) is 86.8 cm³/mol. The smallest absolute Gasteiger partial charge is 0.330 e. The summed E-state index contributed by atoms with van der Waals surface area (Å²) in [7, 11) is 0. The van der Waals surface area contributed by atoms with Gasteiger partial charge in [-0.1, -0.05) is 12.1 Å². The molecule has 0 saturated carbocycles. The van der Waals surface area contributed by atoms with Crippen molar-refractivity contribution in [1.82, 2.24) is 9.55 Å². The van der Waals surface area contributed by atoms with Crippen LogP contribution < -0.4 is 0 Å². The number of rotatable bonds is 4. The van der Waals surface area contributed by atoms with Crippen LogP contribution >= 0.6 is 0 Å². The Morgan fingerprint density at radius 3 is 3.09 bits per heavy atom. The monoisotopic (exact) mass is 294 g/mol. The van der Waals surface area contributed by atoms with Crippen molar-refractivity contribution in [1.29, 1.82) is 0 Å². The normalized spacial score (nSPS) is 13.8. The van der Waals surface area contributed by atoms with Gasteiger partial charge in [0.05, 0.1) is 12.9 Å². The number of aromatic nitrogens is 2. The van der Waals surface area contributed by atoms with Crippen LogP contribution in [0.1, 0.15) is 30.0 Å². The second kappa shape index (κ2) is 6.43. The number of allylic oxidation sites excluding steroid dienone is 1. The number of benzene rings is 1. The summed E-state index contributed by atoms with van der Waals surface area (Å²) in [6, 6.07) is 6.26. The maximum Gasteiger partial charge on any atom is 0.330 e. The third-order valence-electron chi connectivity index (χ3n) is 3.68. The van der Waals surface area contributed by atoms with Gasteiger partial charge in [-0.3, -0.25) is 0 Å². The molecule has 0 unspecified atom stereocenters. The lowest BCUT2D eigenvalue weighted by atomic mass is 9.93. The number of carbonyl (C=O) groups is 1. The average molecular weight is 294 g/mol. The summed E-state index contributed by atoms with van der Waals surface area (Å²) < 4.78 is 6.94. The predicted octanol–water partition coefficient (Wildman–Crippen LogP) is 3.40. The van der Waals surface area contributed by atoms with Crippen LogP contribution in [0.15, 0.2) is 43.0 Å². The Morgan fingerprint density at radius 2 is 2.32 bits per heavy atom. The van der Waals surface area contributed by atoms with Gasteiger partial charge in [-0.2, -0.15) is 0 Å². The highest BCUT2D eigenvalue weighted by Gasteiger charge is 2.11. The molecule has 3 rings (SSSR count). The Bertz CT molecular complexity index is 728. The van der Waals surface area contributed by atoms with Crippen molar-refractivity contribution in [3.8, 4) is 0 Å². The molecule has 0 amide bonds. The molecule has 4 nitrogen and oxygen atoms in total. The van der Waals surface area contributed by atoms with Gasteiger partial charge in [0.15, 0.2) is 0 Å². The SMILES string of the molecule is CCOC(=O)/C=C/c1ccc2c(c1)C=C(n1ccnc1)CC2. The second-order valence-electron chi connectivity index (χ2n) is 5.15. The summed E-state index contributed by atoms with van der Waals surface area (Å²) in [6.45, 7) is 2.19. The van der Waals surface area contributed by atoms with E-state index in [2.05, 4.69) is 23.2 Å². The van der Waals surface area contributed by atoms with Crippen LogP contribution in [0.3, 0.4) is 0 Å². The molecule has 0 N–H and O–H groups in total. The number of hydrogen-bond acceptors (Lipinski definition) is 3. The van der Waals surface area contributed by atoms with E-state index in [-0.39, 0.29) is 5.97 Å². The lowest BCUT2D eigenvalue weighted by Crippen LogP contribution is -2.03. The molecule has 1 aliphatic rings. The first-order valence-corrected chi connectivity index (χ1v) is 7.43. The topological polar surface area (TPSA) is 44.1 Å². The molecule has 0 spiro atoms. The maximum absolute atomic E-state index is 11.4. The van der Waals surface area contributed by atoms with Gasteiger partial charge >= 0.3 is 5.97 Å². The summed E-state index contributed by atoms with van der Waals surface area (Å²) in [5, 5.41) is 0. The van der Waals surface area contributed by atoms with Gasteiger partial charge in [0.25, 0.3) is 0 Å². The van der Waals surface area contributed by atoms with E-state index in [1.807, 2.05) is 23.2 Å². The van der Waals surface area contributed by atoms with E-state index in [0.717, 1.165) is 18.4 Å². The van der Waals surface area contributed by atoms with Gasteiger partial charge in [-0.15, -0.1) is 0 Å². The average Bonchev–Trinajstić information content (AvgIpc) is 3.07. The Balaban J connectivity index is 1.84. The zero-order chi connectivity index (χ0) is 15.4. The molecule has 0 radical (unpaired) electrons. The molecule has 1 heterocycles. The molecular formula is C18H18N2O2. The number of hydrogen-bond donors (Lipinski definition) is 0. The molecule has 0 bridgehead atoms. The first kappa shape index (κ1) is 14.3. The Labute approximate surface area is 129 Å². The number of fused-ring (bicyclic) bond motifs is 1. The summed E-state index contributed by atoms with van der Waals surface area (Å²) in [5.41, 5.74) is 4.75. The van der Waals surface area contributed by atoms with Crippen LogP contribution in [0.25, 0.3) is 17.8 Å². The molecule has 0 aliphatic heterocycles. The second-order valence-corrected chi connectivity index (χ2v) is 5.15. The van der Waals surface area contributed by atoms with Crippen molar-refractivity contribution in [3.05, 3.63) is 59.7 Å². The minimum absolute atomic E-state index is 0.310. The molecule has 4 heteroatoms. The van der Waals surface area contributed by atoms with Gasteiger partial charge < -0.3 is 9.30 Å². The van der Waals surface area contributed by atoms with Crippen molar-refractivity contribution >= 4 is 23.8 Å². The standard InChI is InChI=1S/C18H18N2O2/c1-2-22-18(21)8-4-14-3-5-15-6-7-17(12-16(15)11-14)20-10-9-19-13-20/h3-5,8-13H,2,6-7H2,1H3/b8-4+. The maximum atomic E-state index is 11.4. The first-order valence-electron chi connectivity index (χ1n) is 7.43. The number of carbonyl (C=O) groups excluding carboxylic acids is 1. The van der Waals surface area contributed by atoms with E-state index in [1.54, 1.807) is 19.2 Å². The Hall–Kier alpha value is -2.62. The zero-order valence-electron chi connectivity index (χ0n) is 12.5. The quantitative estimate of drug-likeness (QED) is 0.641. The van der Waals surface area contributed by atoms with Crippen LogP contribution in [-0.4, -0.2) is 22.1 Å². The Morgan fingerprint density at radius 1 is 1.41 bits per heavy atom. The minimum Gasteiger partial charge on any atom is -0.463 e. The minimum atomic E-state index is -0.310. The van der Waals surface area contributed by atoms with Gasteiger partial charge in [-0.05, 0) is 54.7 Å². The number of imidazole rings is 1. The van der Waals surface area contributed by atoms with E-state index in [0.29, 0.717) is 6.61 Å². The van der Waals surface area contributed by atoms with Crippen molar-refractivity contribution < 1.29 is 9.53 Å². The molecule has 0 atom stereocenters. The van der Waals surface area contributed by atoms with Crippen molar-refractivity contribution in [2.75, 3.05) is 6.61 Å². The highest BCUT2D eigenvalue weighted by molar-refractivity contribution is 5.87. The van der Waals surface area contributed by atoms with Crippen molar-refractivity contribution in [2.24, 2.45) is 0 Å². The zero-order valence-corrected chi connectivity index (χ0v) is 12.5. The lowest BCUT2D eigenvalue weighted by Gasteiger charge is -2.17. The van der Waals surface area contributed by atoms with Crippen LogP contribution in [0.5, 0.6) is 0 Å². The fourth-order valence-electron chi connectivity index (χ4n) is 2.58. The molecule has 1 aliphatic carbocycles. The Kier molecular flexibility index (Phi) is 4.19. The summed E-state index contributed by atoms with van der Waals surface area (Å²) >= 11 is 0. The molecule has 2 aromatic rings. The van der Waals surface area contributed by atoms with E-state index < -0.39 is 0 Å². The van der Waals surface area contributed by atoms with E-state index in [1.165, 1.54) is 22.9 Å². The molecule has 1 aromatic heterocycles. The lowest BCUT2D eigenvalue weighted by molar-refractivity contribution is -0.137. The largest absolute Gasteiger partial charge is 0.463 e. The number of nitrogens with zero attached hydrogens (tertiary/aromatic N) is 2. The molecular weight excluding hydrogens is 276 g/mol. The van der Waals surface area contributed by atoms with E-state index in [9.17, 15) is 4.79 Å². The van der Waals surface area contributed by atoms with Crippen LogP contribution in [-0.2, 0) is 16.0 Å². The van der Waals surface area contributed by atoms with Crippen molar-refractivity contribution in [3.63, 3.8) is 0 Å². The highest BCUT2D eigenvalue weighted by atomic mass is 16.5. The number of esters is 1. The third-order valence-corrected chi connectivity index (χ3v) is 3.68. The highest BCUT2D eigenvalue weighted by Crippen LogP contribution is 2.27. The fraction of sp³-hybridized carbons (Fsp3) is 0.222. The number of ether oxygens (including phenoxy) is 1. The molecule has 0 fully saturated rings.